The van der Waals surface area contributed by atoms with Crippen molar-refractivity contribution in [2.75, 3.05) is 0 Å². The van der Waals surface area contributed by atoms with Gasteiger partial charge in [-0.15, -0.1) is 11.6 Å². The monoisotopic (exact) mass is 276 g/mol. The summed E-state index contributed by atoms with van der Waals surface area (Å²) in [5, 5.41) is 0. The normalized spacial score (nSPS) is 16.7. The zero-order valence-corrected chi connectivity index (χ0v) is 15.9. The van der Waals surface area contributed by atoms with E-state index in [0.29, 0.717) is 0 Å². The molecule has 0 aliphatic rings. The first-order valence-corrected chi connectivity index (χ1v) is 5.54. The van der Waals surface area contributed by atoms with Gasteiger partial charge in [-0.05, 0) is 7.60 Å². The molecule has 0 heterocycles. The van der Waals surface area contributed by atoms with Gasteiger partial charge in [0, 0.05) is 0 Å². The van der Waals surface area contributed by atoms with Crippen LogP contribution in [0.4, 0.5) is 0 Å². The molecule has 2 atom stereocenters. The Morgan fingerprint density at radius 3 is 1.31 bits per heavy atom. The fourth-order valence-corrected chi connectivity index (χ4v) is 1.61. The van der Waals surface area contributed by atoms with Gasteiger partial charge in [-0.1, -0.05) is 0 Å². The molecule has 1 N–H and O–H groups in total. The van der Waals surface area contributed by atoms with Crippen molar-refractivity contribution in [3.63, 3.8) is 0 Å². The third kappa shape index (κ3) is 11.8. The van der Waals surface area contributed by atoms with E-state index < -0.39 is 20.1 Å². The smallest absolute Gasteiger partial charge is 0.809 e. The summed E-state index contributed by atoms with van der Waals surface area (Å²) in [6.07, 6.45) is 0. The Balaban J connectivity index is -0.000000135. The molecule has 62 valence electrons. The van der Waals surface area contributed by atoms with E-state index in [0.717, 1.165) is 0 Å². The van der Waals surface area contributed by atoms with Crippen molar-refractivity contribution in [3.05, 3.63) is 0 Å². The Labute approximate surface area is 146 Å². The first-order chi connectivity index (χ1) is 4.15. The molecule has 0 aliphatic heterocycles. The van der Waals surface area contributed by atoms with E-state index in [4.69, 9.17) is 4.89 Å². The first kappa shape index (κ1) is 25.4. The van der Waals surface area contributed by atoms with Crippen LogP contribution < -0.4 is 103 Å². The molecule has 0 spiro atoms. The summed E-state index contributed by atoms with van der Waals surface area (Å²) in [5.74, 6) is 0. The van der Waals surface area contributed by atoms with Crippen molar-refractivity contribution in [1.29, 1.82) is 0 Å². The molecule has 6 nitrogen and oxygen atoms in total. The third-order valence-electron chi connectivity index (χ3n) is 0.530. The number of hydrogen-bond donors (Lipinski definition) is 1. The molecule has 0 radical (unpaired) electrons. The molecule has 0 fully saturated rings. The van der Waals surface area contributed by atoms with Crippen LogP contribution in [0.5, 0.6) is 0 Å². The minimum atomic E-state index is -5.44. The maximum absolute atomic E-state index is 9.86. The van der Waals surface area contributed by atoms with Crippen molar-refractivity contribution >= 4 is 26.8 Å². The van der Waals surface area contributed by atoms with Crippen LogP contribution in [0.1, 0.15) is 0 Å². The van der Waals surface area contributed by atoms with Gasteiger partial charge in [0.25, 0.3) is 0 Å². The van der Waals surface area contributed by atoms with Gasteiger partial charge in [0.2, 0.25) is 0 Å². The minimum Gasteiger partial charge on any atom is -0.809 e. The molecule has 2 unspecified atom stereocenters. The van der Waals surface area contributed by atoms with Gasteiger partial charge in [-0.25, -0.2) is 0 Å². The molecular weight excluding hydrogens is 274 g/mol. The third-order valence-corrected chi connectivity index (χ3v) is 4.77. The van der Waals surface area contributed by atoms with E-state index in [1.165, 1.54) is 0 Å². The summed E-state index contributed by atoms with van der Waals surface area (Å²) >= 11 is 4.52. The quantitative estimate of drug-likeness (QED) is 0.303. The fraction of sp³-hybridized carbons (Fsp3) is 1.00. The summed E-state index contributed by atoms with van der Waals surface area (Å²) in [4.78, 5) is 34.6. The first-order valence-electron chi connectivity index (χ1n) is 1.85. The molecule has 0 aromatic carbocycles. The van der Waals surface area contributed by atoms with Gasteiger partial charge in [0.1, 0.15) is 4.86 Å². The van der Waals surface area contributed by atoms with Crippen LogP contribution in [0.3, 0.4) is 0 Å². The molecule has 0 amide bonds. The fourth-order valence-electron chi connectivity index (χ4n) is 0.179. The second kappa shape index (κ2) is 9.60. The Kier molecular flexibility index (Phi) is 18.8. The molecule has 0 saturated heterocycles. The van der Waals surface area contributed by atoms with Gasteiger partial charge >= 0.3 is 88.7 Å². The molecule has 0 aromatic rings. The average Bonchev–Trinajstić information content (AvgIpc) is 1.59. The standard InChI is InChI=1S/CH5ClO6P2.3Na/c2-1(9(3,4)5)10(6,7)8;;;/h1H,(H2,3,4,5)(H2,6,7,8);;;/q;3*+1/p-3. The van der Waals surface area contributed by atoms with Crippen LogP contribution in [-0.4, -0.2) is 9.75 Å². The van der Waals surface area contributed by atoms with Gasteiger partial charge in [-0.3, -0.25) is 0 Å². The number of halogens is 1. The Bertz CT molecular complexity index is 188. The van der Waals surface area contributed by atoms with Crippen LogP contribution in [0.25, 0.3) is 0 Å². The second-order valence-electron chi connectivity index (χ2n) is 1.41. The van der Waals surface area contributed by atoms with Gasteiger partial charge < -0.3 is 28.7 Å². The van der Waals surface area contributed by atoms with Crippen molar-refractivity contribution in [2.45, 2.75) is 4.86 Å². The Morgan fingerprint density at radius 1 is 1.08 bits per heavy atom. The number of alkyl halides is 1. The van der Waals surface area contributed by atoms with E-state index in [-0.39, 0.29) is 88.7 Å². The maximum atomic E-state index is 9.86. The largest absolute Gasteiger partial charge is 1.00 e. The number of rotatable bonds is 2. The molecular formula is CH2ClNa3O6P2. The average molecular weight is 276 g/mol. The summed E-state index contributed by atoms with van der Waals surface area (Å²) < 4.78 is 19.6. The number of hydrogen-bond acceptors (Lipinski definition) is 5. The van der Waals surface area contributed by atoms with E-state index >= 15 is 0 Å². The van der Waals surface area contributed by atoms with E-state index in [2.05, 4.69) is 11.6 Å². The summed E-state index contributed by atoms with van der Waals surface area (Å²) in [6, 6.07) is 0. The van der Waals surface area contributed by atoms with Crippen LogP contribution in [0, 0.1) is 0 Å². The van der Waals surface area contributed by atoms with Crippen LogP contribution in [0.15, 0.2) is 0 Å². The summed E-state index contributed by atoms with van der Waals surface area (Å²) in [6.45, 7) is 0. The molecule has 0 saturated carbocycles. The van der Waals surface area contributed by atoms with E-state index in [1.807, 2.05) is 0 Å². The van der Waals surface area contributed by atoms with E-state index in [9.17, 15) is 23.8 Å². The van der Waals surface area contributed by atoms with Crippen LogP contribution in [-0.2, 0) is 9.13 Å². The molecule has 13 heavy (non-hydrogen) atoms. The van der Waals surface area contributed by atoms with Crippen LogP contribution >= 0.6 is 26.8 Å². The van der Waals surface area contributed by atoms with Gasteiger partial charge in [-0.2, -0.15) is 0 Å². The Morgan fingerprint density at radius 2 is 1.31 bits per heavy atom. The van der Waals surface area contributed by atoms with Gasteiger partial charge in [0.15, 0.2) is 7.60 Å². The molecule has 12 heteroatoms. The SMILES string of the molecule is O=P([O-])([O-])C(Cl)P(=O)([O-])O.[Na+].[Na+].[Na+]. The van der Waals surface area contributed by atoms with Gasteiger partial charge in [0.05, 0.1) is 0 Å². The Hall–Kier alpha value is 3.59. The van der Waals surface area contributed by atoms with Crippen molar-refractivity contribution in [3.8, 4) is 0 Å². The topological polar surface area (TPSA) is 124 Å². The predicted octanol–water partition coefficient (Wildman–Crippen LogP) is -11.0. The molecule has 0 rings (SSSR count). The molecule has 0 aromatic heterocycles. The van der Waals surface area contributed by atoms with Crippen LogP contribution in [0.2, 0.25) is 0 Å². The molecule has 0 aliphatic carbocycles. The van der Waals surface area contributed by atoms with Crippen molar-refractivity contribution in [2.24, 2.45) is 0 Å². The van der Waals surface area contributed by atoms with Crippen molar-refractivity contribution < 1.29 is 117 Å². The van der Waals surface area contributed by atoms with Crippen molar-refractivity contribution in [1.82, 2.24) is 0 Å². The summed E-state index contributed by atoms with van der Waals surface area (Å²) in [5.41, 5.74) is 0. The van der Waals surface area contributed by atoms with E-state index in [1.54, 1.807) is 0 Å². The molecule has 0 bridgehead atoms. The maximum Gasteiger partial charge on any atom is 1.00 e. The second-order valence-corrected chi connectivity index (χ2v) is 6.11. The summed E-state index contributed by atoms with van der Waals surface area (Å²) in [7, 11) is -10.7. The zero-order valence-electron chi connectivity index (χ0n) is 7.34. The predicted molar refractivity (Wildman–Crippen MR) is 27.1 cm³/mol. The zero-order chi connectivity index (χ0) is 8.58. The minimum absolute atomic E-state index is 0.